The summed E-state index contributed by atoms with van der Waals surface area (Å²) in [6.45, 7) is 4.30. The molecule has 0 unspecified atom stereocenters. The van der Waals surface area contributed by atoms with Crippen LogP contribution in [-0.2, 0) is 0 Å². The molecule has 4 aromatic carbocycles. The molecule has 0 fully saturated rings. The van der Waals surface area contributed by atoms with Gasteiger partial charge in [-0.05, 0) is 54.3 Å². The van der Waals surface area contributed by atoms with Gasteiger partial charge in [0.05, 0.1) is 11.1 Å². The molecule has 35 heavy (non-hydrogen) atoms. The van der Waals surface area contributed by atoms with Crippen molar-refractivity contribution < 1.29 is 9.15 Å². The van der Waals surface area contributed by atoms with Gasteiger partial charge in [-0.3, -0.25) is 4.98 Å². The lowest BCUT2D eigenvalue weighted by molar-refractivity contribution is 0.482. The van der Waals surface area contributed by atoms with Crippen molar-refractivity contribution >= 4 is 45.0 Å². The van der Waals surface area contributed by atoms with Crippen LogP contribution in [0.15, 0.2) is 102 Å². The standard InChI is InChI=1S/C31H22BNO2/c1-19-10-9-11-20(2)28(19)32-24-14-5-6-16-26(24)34-30-27-22-13-4-3-12-21(22)18-23(29(27)35-31(30)32)25-15-7-8-17-33-25/h3-18H,1-2H3. The lowest BCUT2D eigenvalue weighted by Gasteiger charge is -2.25. The van der Waals surface area contributed by atoms with Crippen molar-refractivity contribution in [2.75, 3.05) is 0 Å². The predicted molar refractivity (Wildman–Crippen MR) is 144 cm³/mol. The van der Waals surface area contributed by atoms with E-state index in [-0.39, 0.29) is 6.71 Å². The number of hydrogen-bond donors (Lipinski definition) is 0. The maximum Gasteiger partial charge on any atom is 0.297 e. The van der Waals surface area contributed by atoms with E-state index in [9.17, 15) is 0 Å². The topological polar surface area (TPSA) is 35.3 Å². The zero-order valence-electron chi connectivity index (χ0n) is 19.6. The van der Waals surface area contributed by atoms with E-state index < -0.39 is 0 Å². The Morgan fingerprint density at radius 1 is 0.771 bits per heavy atom. The Morgan fingerprint density at radius 2 is 1.54 bits per heavy atom. The molecule has 0 aliphatic carbocycles. The van der Waals surface area contributed by atoms with Gasteiger partial charge in [-0.15, -0.1) is 0 Å². The molecule has 1 aliphatic rings. The van der Waals surface area contributed by atoms with Crippen LogP contribution in [0.1, 0.15) is 11.1 Å². The maximum atomic E-state index is 6.85. The highest BCUT2D eigenvalue weighted by Gasteiger charge is 2.39. The first-order valence-corrected chi connectivity index (χ1v) is 11.9. The van der Waals surface area contributed by atoms with Gasteiger partial charge < -0.3 is 9.15 Å². The second-order valence-electron chi connectivity index (χ2n) is 9.24. The number of para-hydroxylation sites is 1. The number of aryl methyl sites for hydroxylation is 2. The van der Waals surface area contributed by atoms with Crippen molar-refractivity contribution in [1.82, 2.24) is 4.98 Å². The Hall–Kier alpha value is -4.31. The second-order valence-corrected chi connectivity index (χ2v) is 9.24. The van der Waals surface area contributed by atoms with E-state index in [2.05, 4.69) is 85.6 Å². The summed E-state index contributed by atoms with van der Waals surface area (Å²) in [7, 11) is 0. The summed E-state index contributed by atoms with van der Waals surface area (Å²) in [5.74, 6) is 1.68. The van der Waals surface area contributed by atoms with Gasteiger partial charge in [-0.2, -0.15) is 0 Å². The molecule has 166 valence electrons. The van der Waals surface area contributed by atoms with E-state index in [0.29, 0.717) is 0 Å². The number of pyridine rings is 1. The van der Waals surface area contributed by atoms with E-state index in [1.54, 1.807) is 0 Å². The number of hydrogen-bond acceptors (Lipinski definition) is 3. The summed E-state index contributed by atoms with van der Waals surface area (Å²) < 4.78 is 13.5. The quantitative estimate of drug-likeness (QED) is 0.308. The molecule has 6 aromatic rings. The molecule has 3 heterocycles. The molecular weight excluding hydrogens is 429 g/mol. The average Bonchev–Trinajstić information content (AvgIpc) is 3.27. The first kappa shape index (κ1) is 20.1. The van der Waals surface area contributed by atoms with Crippen LogP contribution in [0.25, 0.3) is 33.0 Å². The number of ether oxygens (including phenoxy) is 1. The van der Waals surface area contributed by atoms with E-state index in [1.807, 2.05) is 30.5 Å². The van der Waals surface area contributed by atoms with Crippen LogP contribution in [0, 0.1) is 13.8 Å². The Balaban J connectivity index is 1.63. The molecular formula is C31H22BNO2. The smallest absolute Gasteiger partial charge is 0.297 e. The van der Waals surface area contributed by atoms with Crippen LogP contribution >= 0.6 is 0 Å². The van der Waals surface area contributed by atoms with Gasteiger partial charge in [-0.1, -0.05) is 83.3 Å². The summed E-state index contributed by atoms with van der Waals surface area (Å²) >= 11 is 0. The highest BCUT2D eigenvalue weighted by Crippen LogP contribution is 2.42. The van der Waals surface area contributed by atoms with Crippen molar-refractivity contribution in [1.29, 1.82) is 0 Å². The fourth-order valence-electron chi connectivity index (χ4n) is 5.58. The van der Waals surface area contributed by atoms with E-state index in [1.165, 1.54) is 16.6 Å². The minimum atomic E-state index is -0.0566. The van der Waals surface area contributed by atoms with Crippen LogP contribution < -0.4 is 21.3 Å². The van der Waals surface area contributed by atoms with Crippen molar-refractivity contribution in [3.05, 3.63) is 108 Å². The molecule has 1 aliphatic heterocycles. The molecule has 0 bridgehead atoms. The summed E-state index contributed by atoms with van der Waals surface area (Å²) in [5.41, 5.74) is 8.41. The lowest BCUT2D eigenvalue weighted by Crippen LogP contribution is -2.56. The third-order valence-electron chi connectivity index (χ3n) is 7.14. The van der Waals surface area contributed by atoms with Gasteiger partial charge in [0.1, 0.15) is 17.0 Å². The first-order valence-electron chi connectivity index (χ1n) is 11.9. The summed E-state index contributed by atoms with van der Waals surface area (Å²) in [5, 5.41) is 3.26. The molecule has 7 rings (SSSR count). The number of benzene rings is 4. The summed E-state index contributed by atoms with van der Waals surface area (Å²) in [6.07, 6.45) is 1.82. The van der Waals surface area contributed by atoms with Crippen LogP contribution in [-0.4, -0.2) is 11.7 Å². The Labute approximate surface area is 204 Å². The molecule has 2 aromatic heterocycles. The third-order valence-corrected chi connectivity index (χ3v) is 7.14. The van der Waals surface area contributed by atoms with Crippen molar-refractivity contribution in [3.8, 4) is 22.8 Å². The SMILES string of the molecule is Cc1cccc(C)c1B1c2ccccc2Oc2c1oc1c(-c3ccccn3)cc3ccccc3c21. The van der Waals surface area contributed by atoms with Crippen molar-refractivity contribution in [3.63, 3.8) is 0 Å². The number of fused-ring (bicyclic) bond motifs is 6. The Morgan fingerprint density at radius 3 is 2.37 bits per heavy atom. The number of furan rings is 1. The van der Waals surface area contributed by atoms with E-state index in [4.69, 9.17) is 9.15 Å². The molecule has 0 saturated carbocycles. The molecule has 0 radical (unpaired) electrons. The zero-order chi connectivity index (χ0) is 23.5. The van der Waals surface area contributed by atoms with Crippen molar-refractivity contribution in [2.45, 2.75) is 13.8 Å². The Kier molecular flexibility index (Phi) is 4.37. The Bertz CT molecular complexity index is 1730. The van der Waals surface area contributed by atoms with Gasteiger partial charge in [0.25, 0.3) is 6.71 Å². The van der Waals surface area contributed by atoms with Crippen LogP contribution in [0.3, 0.4) is 0 Å². The third kappa shape index (κ3) is 2.96. The fraction of sp³-hybridized carbons (Fsp3) is 0.0645. The largest absolute Gasteiger partial charge is 0.466 e. The van der Waals surface area contributed by atoms with Crippen LogP contribution in [0.5, 0.6) is 11.5 Å². The average molecular weight is 451 g/mol. The molecule has 4 heteroatoms. The highest BCUT2D eigenvalue weighted by molar-refractivity contribution is 6.97. The molecule has 0 atom stereocenters. The maximum absolute atomic E-state index is 6.85. The van der Waals surface area contributed by atoms with Gasteiger partial charge in [-0.25, -0.2) is 0 Å². The minimum Gasteiger partial charge on any atom is -0.466 e. The monoisotopic (exact) mass is 451 g/mol. The summed E-state index contributed by atoms with van der Waals surface area (Å²) in [6, 6.07) is 31.4. The normalized spacial score (nSPS) is 12.5. The predicted octanol–water partition coefficient (Wildman–Crippen LogP) is 5.89. The molecule has 0 saturated heterocycles. The molecule has 0 spiro atoms. The van der Waals surface area contributed by atoms with Gasteiger partial charge in [0.2, 0.25) is 0 Å². The van der Waals surface area contributed by atoms with Crippen LogP contribution in [0.2, 0.25) is 0 Å². The number of rotatable bonds is 2. The number of aromatic nitrogens is 1. The second kappa shape index (κ2) is 7.61. The summed E-state index contributed by atoms with van der Waals surface area (Å²) in [4.78, 5) is 4.66. The van der Waals surface area contributed by atoms with Gasteiger partial charge in [0.15, 0.2) is 5.75 Å². The first-order chi connectivity index (χ1) is 17.2. The molecule has 0 amide bonds. The molecule has 0 N–H and O–H groups in total. The fourth-order valence-corrected chi connectivity index (χ4v) is 5.58. The van der Waals surface area contributed by atoms with Gasteiger partial charge >= 0.3 is 0 Å². The van der Waals surface area contributed by atoms with Crippen LogP contribution in [0.4, 0.5) is 0 Å². The molecule has 3 nitrogen and oxygen atoms in total. The highest BCUT2D eigenvalue weighted by atomic mass is 16.5. The van der Waals surface area contributed by atoms with E-state index >= 15 is 0 Å². The van der Waals surface area contributed by atoms with E-state index in [0.717, 1.165) is 55.6 Å². The van der Waals surface area contributed by atoms with Crippen molar-refractivity contribution in [2.24, 2.45) is 0 Å². The zero-order valence-corrected chi connectivity index (χ0v) is 19.6. The lowest BCUT2D eigenvalue weighted by atomic mass is 9.36. The van der Waals surface area contributed by atoms with Gasteiger partial charge in [0, 0.05) is 11.8 Å². The minimum absolute atomic E-state index is 0.0566. The number of nitrogens with zero attached hydrogens (tertiary/aromatic N) is 1.